The van der Waals surface area contributed by atoms with E-state index in [1.165, 1.54) is 5.56 Å². The summed E-state index contributed by atoms with van der Waals surface area (Å²) in [4.78, 5) is 52.8. The number of hydrogen-bond donors (Lipinski definition) is 3. The molecule has 13 heteroatoms. The first-order chi connectivity index (χ1) is 26.8. The molecule has 2 aromatic heterocycles. The molecule has 0 aliphatic carbocycles. The van der Waals surface area contributed by atoms with E-state index in [0.29, 0.717) is 50.1 Å². The normalized spacial score (nSPS) is 18.3. The zero-order valence-electron chi connectivity index (χ0n) is 31.3. The highest BCUT2D eigenvalue weighted by Gasteiger charge is 2.28. The quantitative estimate of drug-likeness (QED) is 0.165. The Kier molecular flexibility index (Phi) is 10.4. The molecule has 0 radical (unpaired) electrons. The van der Waals surface area contributed by atoms with Crippen LogP contribution in [0.1, 0.15) is 37.2 Å². The van der Waals surface area contributed by atoms with Gasteiger partial charge in [-0.05, 0) is 80.2 Å². The van der Waals surface area contributed by atoms with Crippen LogP contribution < -0.4 is 25.6 Å². The lowest BCUT2D eigenvalue weighted by atomic mass is 9.89. The number of likely N-dealkylation sites (tertiary alicyclic amines) is 1. The van der Waals surface area contributed by atoms with Gasteiger partial charge in [-0.3, -0.25) is 24.6 Å². The van der Waals surface area contributed by atoms with E-state index in [9.17, 15) is 14.4 Å². The van der Waals surface area contributed by atoms with Crippen LogP contribution in [0.5, 0.6) is 5.75 Å². The van der Waals surface area contributed by atoms with Gasteiger partial charge in [-0.2, -0.15) is 0 Å². The number of amides is 3. The Morgan fingerprint density at radius 3 is 2.47 bits per heavy atom. The molecule has 3 N–H and O–H groups in total. The summed E-state index contributed by atoms with van der Waals surface area (Å²) in [6.45, 7) is 5.04. The predicted molar refractivity (Wildman–Crippen MR) is 214 cm³/mol. The molecule has 1 unspecified atom stereocenters. The Balaban J connectivity index is 0.808. The summed E-state index contributed by atoms with van der Waals surface area (Å²) in [6, 6.07) is 24.2. The van der Waals surface area contributed by atoms with Crippen LogP contribution in [0.2, 0.25) is 0 Å². The number of piperidine rings is 2. The van der Waals surface area contributed by atoms with Gasteiger partial charge in [-0.25, -0.2) is 9.97 Å². The standard InChI is InChI=1S/C42H47N9O4/c1-48-26-33(32-5-3-4-6-37(32)48)34-15-18-43-42(45-34)46-35-12-11-31(25-38(35)55-2)50-21-23-51(24-22-50)40(53)27-49-19-16-29(17-20-49)28-7-9-30(10-8-28)44-36-13-14-39(52)47-41(36)54/h3-12,15,18,25-26,29,36,44H,13-14,16-17,19-24,27H2,1-2H3,(H,43,45,46)(H,47,52,54). The second kappa shape index (κ2) is 15.8. The first-order valence-corrected chi connectivity index (χ1v) is 19.1. The van der Waals surface area contributed by atoms with Crippen LogP contribution in [0.15, 0.2) is 85.2 Å². The molecule has 13 nitrogen and oxygen atoms in total. The van der Waals surface area contributed by atoms with Gasteiger partial charge in [-0.15, -0.1) is 0 Å². The van der Waals surface area contributed by atoms with Crippen molar-refractivity contribution in [3.63, 3.8) is 0 Å². The summed E-state index contributed by atoms with van der Waals surface area (Å²) in [7, 11) is 3.70. The molecule has 0 bridgehead atoms. The third-order valence-corrected chi connectivity index (χ3v) is 11.2. The van der Waals surface area contributed by atoms with Crippen molar-refractivity contribution in [3.05, 3.63) is 90.8 Å². The fourth-order valence-corrected chi connectivity index (χ4v) is 8.03. The molecular formula is C42H47N9O4. The first-order valence-electron chi connectivity index (χ1n) is 19.1. The van der Waals surface area contributed by atoms with Gasteiger partial charge in [0.05, 0.1) is 25.0 Å². The minimum Gasteiger partial charge on any atom is -0.494 e. The van der Waals surface area contributed by atoms with Crippen molar-refractivity contribution in [2.24, 2.45) is 7.05 Å². The van der Waals surface area contributed by atoms with E-state index in [1.807, 2.05) is 54.4 Å². The van der Waals surface area contributed by atoms with Crippen molar-refractivity contribution in [2.75, 3.05) is 68.5 Å². The molecule has 3 aliphatic rings. The van der Waals surface area contributed by atoms with Crippen LogP contribution in [-0.2, 0) is 21.4 Å². The number of methoxy groups -OCH3 is 1. The number of anilines is 4. The van der Waals surface area contributed by atoms with Crippen molar-refractivity contribution in [3.8, 4) is 17.0 Å². The van der Waals surface area contributed by atoms with Crippen molar-refractivity contribution in [1.29, 1.82) is 0 Å². The van der Waals surface area contributed by atoms with Gasteiger partial charge in [0.1, 0.15) is 11.8 Å². The maximum Gasteiger partial charge on any atom is 0.249 e. The minimum atomic E-state index is -0.390. The largest absolute Gasteiger partial charge is 0.494 e. The average molecular weight is 742 g/mol. The summed E-state index contributed by atoms with van der Waals surface area (Å²) in [5.41, 5.74) is 7.01. The lowest BCUT2D eigenvalue weighted by molar-refractivity contribution is -0.134. The molecular weight excluding hydrogens is 695 g/mol. The van der Waals surface area contributed by atoms with Gasteiger partial charge in [0.2, 0.25) is 23.7 Å². The Hall–Kier alpha value is -5.95. The number of fused-ring (bicyclic) bond motifs is 1. The molecule has 3 fully saturated rings. The van der Waals surface area contributed by atoms with Gasteiger partial charge in [-0.1, -0.05) is 30.3 Å². The number of ether oxygens (including phenoxy) is 1. The second-order valence-corrected chi connectivity index (χ2v) is 14.6. The summed E-state index contributed by atoms with van der Waals surface area (Å²) >= 11 is 0. The van der Waals surface area contributed by atoms with Crippen LogP contribution in [0.25, 0.3) is 22.2 Å². The number of nitrogens with zero attached hydrogens (tertiary/aromatic N) is 6. The van der Waals surface area contributed by atoms with Crippen molar-refractivity contribution < 1.29 is 19.1 Å². The van der Waals surface area contributed by atoms with Gasteiger partial charge >= 0.3 is 0 Å². The van der Waals surface area contributed by atoms with E-state index < -0.39 is 6.04 Å². The number of para-hydroxylation sites is 1. The highest BCUT2D eigenvalue weighted by Crippen LogP contribution is 2.34. The minimum absolute atomic E-state index is 0.185. The highest BCUT2D eigenvalue weighted by molar-refractivity contribution is 6.01. The van der Waals surface area contributed by atoms with E-state index >= 15 is 0 Å². The number of hydrogen-bond acceptors (Lipinski definition) is 10. The zero-order valence-corrected chi connectivity index (χ0v) is 31.3. The molecule has 1 atom stereocenters. The summed E-state index contributed by atoms with van der Waals surface area (Å²) in [6.07, 6.45) is 6.71. The molecule has 5 aromatic rings. The van der Waals surface area contributed by atoms with E-state index in [0.717, 1.165) is 78.2 Å². The zero-order chi connectivity index (χ0) is 37.9. The first kappa shape index (κ1) is 36.0. The van der Waals surface area contributed by atoms with Crippen molar-refractivity contribution >= 4 is 51.6 Å². The number of aromatic nitrogens is 3. The molecule has 0 spiro atoms. The SMILES string of the molecule is COc1cc(N2CCN(C(=O)CN3CCC(c4ccc(NC5CCC(=O)NC5=O)cc4)CC3)CC2)ccc1Nc1nccc(-c2cn(C)c3ccccc23)n1. The molecule has 5 heterocycles. The molecule has 3 aromatic carbocycles. The number of rotatable bonds is 10. The maximum absolute atomic E-state index is 13.4. The second-order valence-electron chi connectivity index (χ2n) is 14.6. The molecule has 55 heavy (non-hydrogen) atoms. The summed E-state index contributed by atoms with van der Waals surface area (Å²) in [5.74, 6) is 1.32. The number of aryl methyl sites for hydroxylation is 1. The third kappa shape index (κ3) is 7.97. The Morgan fingerprint density at radius 1 is 0.927 bits per heavy atom. The van der Waals surface area contributed by atoms with Crippen molar-refractivity contribution in [1.82, 2.24) is 29.7 Å². The topological polar surface area (TPSA) is 137 Å². The molecule has 3 aliphatic heterocycles. The Bertz CT molecular complexity index is 2190. The van der Waals surface area contributed by atoms with Crippen LogP contribution in [-0.4, -0.2) is 101 Å². The van der Waals surface area contributed by atoms with Gasteiger partial charge in [0, 0.05) is 85.9 Å². The Labute approximate surface area is 320 Å². The summed E-state index contributed by atoms with van der Waals surface area (Å²) < 4.78 is 7.91. The van der Waals surface area contributed by atoms with Gasteiger partial charge in [0.25, 0.3) is 0 Å². The lowest BCUT2D eigenvalue weighted by Gasteiger charge is -2.38. The molecule has 284 valence electrons. The smallest absolute Gasteiger partial charge is 0.249 e. The van der Waals surface area contributed by atoms with E-state index in [4.69, 9.17) is 9.72 Å². The monoisotopic (exact) mass is 741 g/mol. The van der Waals surface area contributed by atoms with E-state index in [2.05, 4.69) is 71.8 Å². The van der Waals surface area contributed by atoms with E-state index in [-0.39, 0.29) is 17.7 Å². The molecule has 8 rings (SSSR count). The highest BCUT2D eigenvalue weighted by atomic mass is 16.5. The number of benzene rings is 3. The van der Waals surface area contributed by atoms with Crippen LogP contribution in [0.3, 0.4) is 0 Å². The van der Waals surface area contributed by atoms with Crippen LogP contribution in [0.4, 0.5) is 23.0 Å². The van der Waals surface area contributed by atoms with Crippen LogP contribution >= 0.6 is 0 Å². The van der Waals surface area contributed by atoms with Crippen molar-refractivity contribution in [2.45, 2.75) is 37.6 Å². The maximum atomic E-state index is 13.4. The van der Waals surface area contributed by atoms with Gasteiger partial charge < -0.3 is 29.7 Å². The lowest BCUT2D eigenvalue weighted by Crippen LogP contribution is -2.51. The number of piperazine rings is 1. The molecule has 3 saturated heterocycles. The number of imide groups is 1. The fraction of sp³-hybridized carbons (Fsp3) is 0.357. The van der Waals surface area contributed by atoms with E-state index in [1.54, 1.807) is 13.3 Å². The fourth-order valence-electron chi connectivity index (χ4n) is 8.03. The summed E-state index contributed by atoms with van der Waals surface area (Å²) in [5, 5.41) is 10.1. The predicted octanol–water partition coefficient (Wildman–Crippen LogP) is 5.13. The number of carbonyl (C=O) groups excluding carboxylic acids is 3. The van der Waals surface area contributed by atoms with Gasteiger partial charge in [0.15, 0.2) is 0 Å². The Morgan fingerprint density at radius 2 is 1.71 bits per heavy atom. The average Bonchev–Trinajstić information content (AvgIpc) is 3.56. The molecule has 3 amide bonds. The van der Waals surface area contributed by atoms with Crippen LogP contribution in [0, 0.1) is 0 Å². The number of carbonyl (C=O) groups is 3. The third-order valence-electron chi connectivity index (χ3n) is 11.2. The number of nitrogens with one attached hydrogen (secondary N) is 3. The molecule has 0 saturated carbocycles.